The van der Waals surface area contributed by atoms with E-state index in [4.69, 9.17) is 9.97 Å². The highest BCUT2D eigenvalue weighted by Gasteiger charge is 2.38. The quantitative estimate of drug-likeness (QED) is 0.130. The van der Waals surface area contributed by atoms with Crippen LogP contribution in [-0.4, -0.2) is 56.4 Å². The van der Waals surface area contributed by atoms with Crippen molar-refractivity contribution in [2.24, 2.45) is 0 Å². The Balaban J connectivity index is 0.941. The summed E-state index contributed by atoms with van der Waals surface area (Å²) in [5, 5.41) is 4.90. The van der Waals surface area contributed by atoms with E-state index in [1.54, 1.807) is 0 Å². The van der Waals surface area contributed by atoms with Crippen LogP contribution >= 0.6 is 0 Å². The molecule has 1 N–H and O–H groups in total. The van der Waals surface area contributed by atoms with Crippen LogP contribution in [0.3, 0.4) is 0 Å². The average Bonchev–Trinajstić information content (AvgIpc) is 4.02. The zero-order valence-electron chi connectivity index (χ0n) is 35.5. The molecule has 2 aliphatic heterocycles. The van der Waals surface area contributed by atoms with Gasteiger partial charge in [-0.15, -0.1) is 0 Å². The average molecular weight is 832 g/mol. The maximum absolute atomic E-state index is 14.2. The second-order valence-electron chi connectivity index (χ2n) is 16.7. The van der Waals surface area contributed by atoms with E-state index < -0.39 is 12.0 Å². The van der Waals surface area contributed by atoms with E-state index >= 15 is 0 Å². The predicted octanol–water partition coefficient (Wildman–Crippen LogP) is 10.3. The number of benzene rings is 5. The number of ketones is 1. The van der Waals surface area contributed by atoms with Crippen LogP contribution in [0, 0.1) is 0 Å². The molecule has 63 heavy (non-hydrogen) atoms. The number of Topliss-reactive ketones (excluding diaryl/α,β-unsaturated/α-hetero) is 1. The van der Waals surface area contributed by atoms with E-state index in [1.807, 2.05) is 82.6 Å². The number of carbonyl (C=O) groups excluding carboxylic acids is 4. The minimum absolute atomic E-state index is 0.119. The van der Waals surface area contributed by atoms with E-state index in [9.17, 15) is 19.2 Å². The highest BCUT2D eigenvalue weighted by Crippen LogP contribution is 2.38. The van der Waals surface area contributed by atoms with Gasteiger partial charge in [0, 0.05) is 36.4 Å². The van der Waals surface area contributed by atoms with Gasteiger partial charge in [-0.25, -0.2) is 0 Å². The number of amides is 3. The summed E-state index contributed by atoms with van der Waals surface area (Å²) in [4.78, 5) is 66.9. The lowest BCUT2D eigenvalue weighted by Gasteiger charge is -2.29. The molecule has 7 aromatic rings. The number of hydrogen-bond acceptors (Lipinski definition) is 6. The van der Waals surface area contributed by atoms with Gasteiger partial charge in [0.1, 0.15) is 6.04 Å². The van der Waals surface area contributed by atoms with Gasteiger partial charge in [0.2, 0.25) is 17.7 Å². The largest absolute Gasteiger partial charge is 0.341 e. The summed E-state index contributed by atoms with van der Waals surface area (Å²) < 4.78 is 0. The van der Waals surface area contributed by atoms with Crippen LogP contribution < -0.4 is 5.32 Å². The minimum Gasteiger partial charge on any atom is -0.341 e. The highest BCUT2D eigenvalue weighted by molar-refractivity contribution is 6.02. The number of fused-ring (bicyclic) bond motifs is 2. The van der Waals surface area contributed by atoms with Crippen molar-refractivity contribution in [3.05, 3.63) is 180 Å². The number of nitrogens with one attached hydrogen (secondary N) is 1. The molecule has 314 valence electrons. The predicted molar refractivity (Wildman–Crippen MR) is 247 cm³/mol. The summed E-state index contributed by atoms with van der Waals surface area (Å²) in [7, 11) is 0. The molecule has 2 aromatic heterocycles. The van der Waals surface area contributed by atoms with Crippen LogP contribution in [0.4, 0.5) is 0 Å². The van der Waals surface area contributed by atoms with Crippen molar-refractivity contribution in [1.82, 2.24) is 25.1 Å². The first-order valence-corrected chi connectivity index (χ1v) is 21.7. The van der Waals surface area contributed by atoms with Crippen molar-refractivity contribution >= 4 is 45.3 Å². The Morgan fingerprint density at radius 1 is 0.571 bits per heavy atom. The van der Waals surface area contributed by atoms with Crippen LogP contribution in [0.1, 0.15) is 86.1 Å². The van der Waals surface area contributed by atoms with Crippen molar-refractivity contribution in [3.8, 4) is 22.3 Å². The molecular formula is C54H49N5O4. The molecule has 9 heteroatoms. The Bertz CT molecular complexity index is 2880. The fraction of sp³-hybridized carbons (Fsp3) is 0.222. The standard InChI is InChI=1S/C54H49N5O4/c1-34(35(2)60)51(41-12-6-4-7-13-41)53(62)58-30-10-16-49(58)45-28-26-39-22-24-43(32-47(39)56-45)37-18-20-38(21-19-37)44-25-23-40-27-29-46(57-48(40)33-44)50-17-11-31-59(50)54(63)52(55-36(3)61)42-14-8-5-9-15-42/h4-9,12-15,18-29,32-33,49-52H,1,10-11,16-17,30-31H2,2-3H3,(H,55,61). The minimum atomic E-state index is -0.761. The van der Waals surface area contributed by atoms with Gasteiger partial charge in [0.05, 0.1) is 40.4 Å². The zero-order valence-corrected chi connectivity index (χ0v) is 35.5. The lowest BCUT2D eigenvalue weighted by Crippen LogP contribution is -2.42. The maximum atomic E-state index is 14.2. The molecular weight excluding hydrogens is 783 g/mol. The number of aromatic nitrogens is 2. The molecule has 3 amide bonds. The van der Waals surface area contributed by atoms with Gasteiger partial charge in [0.15, 0.2) is 5.78 Å². The Morgan fingerprint density at radius 2 is 1.02 bits per heavy atom. The fourth-order valence-electron chi connectivity index (χ4n) is 9.34. The van der Waals surface area contributed by atoms with Crippen LogP contribution in [0.5, 0.6) is 0 Å². The maximum Gasteiger partial charge on any atom is 0.250 e. The van der Waals surface area contributed by atoms with Gasteiger partial charge in [0.25, 0.3) is 0 Å². The van der Waals surface area contributed by atoms with E-state index in [-0.39, 0.29) is 35.6 Å². The third-order valence-corrected chi connectivity index (χ3v) is 12.6. The summed E-state index contributed by atoms with van der Waals surface area (Å²) in [6, 6.07) is 46.9. The molecule has 5 aromatic carbocycles. The van der Waals surface area contributed by atoms with Gasteiger partial charge in [-0.2, -0.15) is 0 Å². The summed E-state index contributed by atoms with van der Waals surface area (Å²) >= 11 is 0. The van der Waals surface area contributed by atoms with Crippen LogP contribution in [0.25, 0.3) is 44.1 Å². The van der Waals surface area contributed by atoms with Gasteiger partial charge in [-0.1, -0.05) is 128 Å². The first kappa shape index (κ1) is 41.1. The third-order valence-electron chi connectivity index (χ3n) is 12.6. The topological polar surface area (TPSA) is 113 Å². The molecule has 9 nitrogen and oxygen atoms in total. The number of likely N-dealkylation sites (tertiary alicyclic amines) is 2. The third kappa shape index (κ3) is 8.39. The summed E-state index contributed by atoms with van der Waals surface area (Å²) in [6.45, 7) is 8.14. The Morgan fingerprint density at radius 3 is 1.49 bits per heavy atom. The lowest BCUT2D eigenvalue weighted by molar-refractivity contribution is -0.137. The normalized spacial score (nSPS) is 17.1. The van der Waals surface area contributed by atoms with E-state index in [0.29, 0.717) is 18.7 Å². The lowest BCUT2D eigenvalue weighted by atomic mass is 9.88. The molecule has 2 saturated heterocycles. The summed E-state index contributed by atoms with van der Waals surface area (Å²) in [6.07, 6.45) is 3.29. The van der Waals surface area contributed by atoms with Crippen molar-refractivity contribution in [2.75, 3.05) is 13.1 Å². The number of nitrogens with zero attached hydrogens (tertiary/aromatic N) is 4. The van der Waals surface area contributed by atoms with E-state index in [2.05, 4.69) is 84.7 Å². The molecule has 4 unspecified atom stereocenters. The molecule has 4 heterocycles. The zero-order chi connectivity index (χ0) is 43.6. The molecule has 9 rings (SSSR count). The second-order valence-corrected chi connectivity index (χ2v) is 16.7. The van der Waals surface area contributed by atoms with Crippen molar-refractivity contribution < 1.29 is 19.2 Å². The SMILES string of the molecule is C=C(C(C)=O)C(C(=O)N1CCCC1c1ccc2ccc(-c3ccc(-c4ccc5ccc(C6CCCN6C(=O)C(NC(C)=O)c6ccccc6)nc5c4)cc3)cc2n1)c1ccccc1. The van der Waals surface area contributed by atoms with Crippen LogP contribution in [0.2, 0.25) is 0 Å². The molecule has 4 atom stereocenters. The van der Waals surface area contributed by atoms with Gasteiger partial charge < -0.3 is 15.1 Å². The first-order chi connectivity index (χ1) is 30.6. The fourth-order valence-corrected chi connectivity index (χ4v) is 9.34. The highest BCUT2D eigenvalue weighted by atomic mass is 16.2. The summed E-state index contributed by atoms with van der Waals surface area (Å²) in [5.41, 5.74) is 9.38. The van der Waals surface area contributed by atoms with Gasteiger partial charge in [-0.05, 0) is 90.3 Å². The number of rotatable bonds is 11. The van der Waals surface area contributed by atoms with Crippen LogP contribution in [0.15, 0.2) is 158 Å². The van der Waals surface area contributed by atoms with Crippen molar-refractivity contribution in [1.29, 1.82) is 0 Å². The Kier molecular flexibility index (Phi) is 11.5. The van der Waals surface area contributed by atoms with Gasteiger partial charge >= 0.3 is 0 Å². The molecule has 2 aliphatic rings. The second kappa shape index (κ2) is 17.6. The molecule has 0 radical (unpaired) electrons. The number of hydrogen-bond donors (Lipinski definition) is 1. The van der Waals surface area contributed by atoms with E-state index in [1.165, 1.54) is 13.8 Å². The molecule has 2 fully saturated rings. The summed E-state index contributed by atoms with van der Waals surface area (Å²) in [5.74, 6) is -1.43. The Hall–Kier alpha value is -7.26. The number of pyridine rings is 2. The molecule has 0 aliphatic carbocycles. The van der Waals surface area contributed by atoms with Crippen LogP contribution in [-0.2, 0) is 19.2 Å². The first-order valence-electron chi connectivity index (χ1n) is 21.7. The Labute approximate surface area is 367 Å². The molecule has 0 saturated carbocycles. The van der Waals surface area contributed by atoms with E-state index in [0.717, 1.165) is 92.3 Å². The van der Waals surface area contributed by atoms with Crippen molar-refractivity contribution in [2.45, 2.75) is 63.6 Å². The van der Waals surface area contributed by atoms with Gasteiger partial charge in [-0.3, -0.25) is 29.1 Å². The molecule has 0 bridgehead atoms. The number of carbonyl (C=O) groups is 4. The smallest absolute Gasteiger partial charge is 0.250 e. The monoisotopic (exact) mass is 831 g/mol. The van der Waals surface area contributed by atoms with Crippen molar-refractivity contribution in [3.63, 3.8) is 0 Å². The molecule has 0 spiro atoms.